The Balaban J connectivity index is 1.60. The lowest BCUT2D eigenvalue weighted by Gasteiger charge is -2.34. The van der Waals surface area contributed by atoms with Crippen molar-refractivity contribution in [1.29, 1.82) is 0 Å². The summed E-state index contributed by atoms with van der Waals surface area (Å²) >= 11 is 0. The number of piperazine rings is 1. The van der Waals surface area contributed by atoms with Crippen LogP contribution in [-0.4, -0.2) is 56.6 Å². The van der Waals surface area contributed by atoms with E-state index in [0.717, 1.165) is 10.6 Å². The average Bonchev–Trinajstić information content (AvgIpc) is 2.74. The van der Waals surface area contributed by atoms with Gasteiger partial charge in [-0.15, -0.1) is 0 Å². The lowest BCUT2D eigenvalue weighted by atomic mass is 10.2. The van der Waals surface area contributed by atoms with Gasteiger partial charge >= 0.3 is 0 Å². The number of sulfonamides is 1. The van der Waals surface area contributed by atoms with Gasteiger partial charge in [0.15, 0.2) is 11.8 Å². The molecule has 1 fully saturated rings. The normalized spacial score (nSPS) is 16.9. The monoisotopic (exact) mass is 416 g/mol. The van der Waals surface area contributed by atoms with E-state index in [9.17, 15) is 18.0 Å². The highest BCUT2D eigenvalue weighted by atomic mass is 32.2. The fourth-order valence-corrected chi connectivity index (χ4v) is 4.86. The van der Waals surface area contributed by atoms with Gasteiger partial charge in [-0.25, -0.2) is 8.42 Å². The van der Waals surface area contributed by atoms with Crippen LogP contribution >= 0.6 is 0 Å². The Morgan fingerprint density at radius 1 is 1.00 bits per heavy atom. The first-order chi connectivity index (χ1) is 13.8. The largest absolute Gasteiger partial charge is 0.323 e. The van der Waals surface area contributed by atoms with Crippen molar-refractivity contribution in [2.75, 3.05) is 31.5 Å². The molecule has 1 aliphatic heterocycles. The molecule has 0 aliphatic carbocycles. The van der Waals surface area contributed by atoms with E-state index in [4.69, 9.17) is 0 Å². The maximum absolute atomic E-state index is 12.9. The number of carbonyl (C=O) groups is 2. The number of benzene rings is 2. The number of amides is 1. The average molecular weight is 417 g/mol. The molecule has 0 radical (unpaired) electrons. The summed E-state index contributed by atoms with van der Waals surface area (Å²) in [7, 11) is -3.61. The van der Waals surface area contributed by atoms with Crippen molar-refractivity contribution in [2.24, 2.45) is 0 Å². The van der Waals surface area contributed by atoms with E-state index in [0.29, 0.717) is 31.7 Å². The third-order valence-electron chi connectivity index (χ3n) is 5.31. The molecule has 1 aliphatic rings. The number of nitrogens with one attached hydrogen (secondary N) is 2. The number of hydrogen-bond acceptors (Lipinski definition) is 4. The summed E-state index contributed by atoms with van der Waals surface area (Å²) in [4.78, 5) is 25.1. The molecule has 1 amide bonds. The lowest BCUT2D eigenvalue weighted by Crippen LogP contribution is -3.19. The predicted molar refractivity (Wildman–Crippen MR) is 110 cm³/mol. The number of hydrogen-bond donors (Lipinski definition) is 2. The fourth-order valence-electron chi connectivity index (χ4n) is 3.41. The van der Waals surface area contributed by atoms with Crippen LogP contribution in [0.2, 0.25) is 0 Å². The van der Waals surface area contributed by atoms with E-state index >= 15 is 0 Å². The summed E-state index contributed by atoms with van der Waals surface area (Å²) in [6, 6.07) is 15.0. The Morgan fingerprint density at radius 2 is 1.59 bits per heavy atom. The predicted octanol–water partition coefficient (Wildman–Crippen LogP) is 0.806. The number of anilines is 1. The molecule has 154 valence electrons. The molecule has 29 heavy (non-hydrogen) atoms. The summed E-state index contributed by atoms with van der Waals surface area (Å²) in [6.45, 7) is 5.09. The van der Waals surface area contributed by atoms with Gasteiger partial charge < -0.3 is 10.2 Å². The maximum atomic E-state index is 12.9. The van der Waals surface area contributed by atoms with Crippen molar-refractivity contribution >= 4 is 27.4 Å². The SMILES string of the molecule is CC(=O)c1ccc(S(=O)(=O)N2CC[NH+]([C@@H](C)C(=O)Nc3ccccc3)CC2)cc1. The zero-order chi connectivity index (χ0) is 21.0. The Morgan fingerprint density at radius 3 is 2.14 bits per heavy atom. The van der Waals surface area contributed by atoms with Crippen LogP contribution in [0.15, 0.2) is 59.5 Å². The van der Waals surface area contributed by atoms with Crippen LogP contribution in [0.3, 0.4) is 0 Å². The molecule has 2 N–H and O–H groups in total. The second-order valence-electron chi connectivity index (χ2n) is 7.22. The molecule has 0 aromatic heterocycles. The maximum Gasteiger partial charge on any atom is 0.282 e. The van der Waals surface area contributed by atoms with Crippen LogP contribution in [-0.2, 0) is 14.8 Å². The molecule has 8 heteroatoms. The van der Waals surface area contributed by atoms with Crippen molar-refractivity contribution < 1.29 is 22.9 Å². The van der Waals surface area contributed by atoms with Crippen molar-refractivity contribution in [3.8, 4) is 0 Å². The third kappa shape index (κ3) is 4.90. The van der Waals surface area contributed by atoms with Crippen molar-refractivity contribution in [2.45, 2.75) is 24.8 Å². The van der Waals surface area contributed by atoms with E-state index in [1.807, 2.05) is 37.3 Å². The number of ketones is 1. The number of nitrogens with zero attached hydrogens (tertiary/aromatic N) is 1. The molecular formula is C21H26N3O4S+. The lowest BCUT2D eigenvalue weighted by molar-refractivity contribution is -0.917. The summed E-state index contributed by atoms with van der Waals surface area (Å²) in [5, 5.41) is 2.90. The minimum atomic E-state index is -3.61. The van der Waals surface area contributed by atoms with Crippen LogP contribution in [0.5, 0.6) is 0 Å². The first-order valence-corrected chi connectivity index (χ1v) is 11.0. The first-order valence-electron chi connectivity index (χ1n) is 9.60. The Hall–Kier alpha value is -2.55. The van der Waals surface area contributed by atoms with Gasteiger partial charge in [-0.1, -0.05) is 30.3 Å². The van der Waals surface area contributed by atoms with Gasteiger partial charge in [0.1, 0.15) is 0 Å². The number of rotatable bonds is 6. The van der Waals surface area contributed by atoms with E-state index < -0.39 is 10.0 Å². The molecule has 2 aromatic carbocycles. The number of quaternary nitrogens is 1. The zero-order valence-corrected chi connectivity index (χ0v) is 17.4. The highest BCUT2D eigenvalue weighted by Gasteiger charge is 2.34. The van der Waals surface area contributed by atoms with Gasteiger partial charge in [-0.2, -0.15) is 4.31 Å². The molecule has 1 atom stereocenters. The summed E-state index contributed by atoms with van der Waals surface area (Å²) < 4.78 is 27.2. The van der Waals surface area contributed by atoms with Crippen LogP contribution in [0.1, 0.15) is 24.2 Å². The third-order valence-corrected chi connectivity index (χ3v) is 7.22. The summed E-state index contributed by atoms with van der Waals surface area (Å²) in [5.74, 6) is -0.184. The summed E-state index contributed by atoms with van der Waals surface area (Å²) in [5.41, 5.74) is 1.23. The van der Waals surface area contributed by atoms with E-state index in [1.165, 1.54) is 35.5 Å². The summed E-state index contributed by atoms with van der Waals surface area (Å²) in [6.07, 6.45) is 0. The van der Waals surface area contributed by atoms with Gasteiger partial charge in [0.05, 0.1) is 31.1 Å². The van der Waals surface area contributed by atoms with Crippen LogP contribution in [0.25, 0.3) is 0 Å². The Labute approximate surface area is 171 Å². The standard InChI is InChI=1S/C21H25N3O4S/c1-16(21(26)22-19-6-4-3-5-7-19)23-12-14-24(15-13-23)29(27,28)20-10-8-18(9-11-20)17(2)25/h3-11,16H,12-15H2,1-2H3,(H,22,26)/p+1/t16-/m0/s1. The van der Waals surface area contributed by atoms with Crippen LogP contribution in [0, 0.1) is 0 Å². The molecule has 0 unspecified atom stereocenters. The fraction of sp³-hybridized carbons (Fsp3) is 0.333. The van der Waals surface area contributed by atoms with Gasteiger partial charge in [0, 0.05) is 11.3 Å². The van der Waals surface area contributed by atoms with E-state index in [1.54, 1.807) is 0 Å². The Kier molecular flexibility index (Phi) is 6.46. The smallest absolute Gasteiger partial charge is 0.282 e. The number of carbonyl (C=O) groups excluding carboxylic acids is 2. The minimum Gasteiger partial charge on any atom is -0.323 e. The molecule has 2 aromatic rings. The molecule has 7 nitrogen and oxygen atoms in total. The molecule has 1 heterocycles. The molecule has 3 rings (SSSR count). The second-order valence-corrected chi connectivity index (χ2v) is 9.16. The van der Waals surface area contributed by atoms with Crippen molar-refractivity contribution in [3.63, 3.8) is 0 Å². The molecule has 0 bridgehead atoms. The highest BCUT2D eigenvalue weighted by Crippen LogP contribution is 2.17. The molecular weight excluding hydrogens is 390 g/mol. The topological polar surface area (TPSA) is 88.0 Å². The number of Topliss-reactive ketones (excluding diaryl/α,β-unsaturated/α-hetero) is 1. The zero-order valence-electron chi connectivity index (χ0n) is 16.6. The van der Waals surface area contributed by atoms with E-state index in [-0.39, 0.29) is 22.6 Å². The molecule has 0 saturated carbocycles. The highest BCUT2D eigenvalue weighted by molar-refractivity contribution is 7.89. The van der Waals surface area contributed by atoms with Gasteiger partial charge in [0.25, 0.3) is 5.91 Å². The van der Waals surface area contributed by atoms with Gasteiger partial charge in [-0.05, 0) is 38.1 Å². The van der Waals surface area contributed by atoms with E-state index in [2.05, 4.69) is 5.32 Å². The molecule has 1 saturated heterocycles. The quantitative estimate of drug-likeness (QED) is 0.682. The van der Waals surface area contributed by atoms with Gasteiger partial charge in [0.2, 0.25) is 10.0 Å². The number of para-hydroxylation sites is 1. The second kappa shape index (κ2) is 8.86. The van der Waals surface area contributed by atoms with Gasteiger partial charge in [-0.3, -0.25) is 9.59 Å². The van der Waals surface area contributed by atoms with Crippen LogP contribution in [0.4, 0.5) is 5.69 Å². The minimum absolute atomic E-state index is 0.0812. The Bertz CT molecular complexity index is 967. The molecule has 0 spiro atoms. The van der Waals surface area contributed by atoms with Crippen molar-refractivity contribution in [3.05, 3.63) is 60.2 Å². The first kappa shape index (κ1) is 21.2. The van der Waals surface area contributed by atoms with Crippen molar-refractivity contribution in [1.82, 2.24) is 4.31 Å². The van der Waals surface area contributed by atoms with Crippen LogP contribution < -0.4 is 10.2 Å².